The molecule has 3 aromatic carbocycles. The van der Waals surface area contributed by atoms with E-state index in [1.165, 1.54) is 0 Å². The summed E-state index contributed by atoms with van der Waals surface area (Å²) in [4.78, 5) is 30.0. The minimum Gasteiger partial charge on any atom is -0.497 e. The third-order valence-electron chi connectivity index (χ3n) is 5.96. The van der Waals surface area contributed by atoms with E-state index in [0.717, 1.165) is 32.2 Å². The van der Waals surface area contributed by atoms with E-state index in [1.54, 1.807) is 19.2 Å². The van der Waals surface area contributed by atoms with Crippen molar-refractivity contribution in [1.29, 1.82) is 0 Å². The van der Waals surface area contributed by atoms with E-state index in [9.17, 15) is 14.7 Å². The fraction of sp³-hybridized carbons (Fsp3) is 0.179. The Morgan fingerprint density at radius 1 is 1.06 bits per heavy atom. The van der Waals surface area contributed by atoms with Crippen molar-refractivity contribution in [1.82, 2.24) is 10.3 Å². The van der Waals surface area contributed by atoms with Crippen LogP contribution < -0.4 is 10.1 Å². The monoisotopic (exact) mass is 532 g/mol. The summed E-state index contributed by atoms with van der Waals surface area (Å²) in [5.74, 6) is -0.991. The molecular weight excluding hydrogens is 508 g/mol. The number of benzene rings is 3. The fourth-order valence-corrected chi connectivity index (χ4v) is 4.58. The molecule has 6 nitrogen and oxygen atoms in total. The standard InChI is InChI=1S/C28H25BrN2O4/c1-17-26(23-15-21(29)11-12-24(23)31-27(17)18-7-4-3-5-8-18)28(34)30-16-20(14-25(32)33)19-9-6-10-22(13-19)35-2/h3-13,15,20H,14,16H2,1-2H3,(H,30,34)(H,32,33)/t20-/m0/s1. The van der Waals surface area contributed by atoms with Gasteiger partial charge in [-0.25, -0.2) is 4.98 Å². The van der Waals surface area contributed by atoms with Crippen LogP contribution in [0.1, 0.15) is 33.8 Å². The van der Waals surface area contributed by atoms with Gasteiger partial charge in [-0.2, -0.15) is 0 Å². The van der Waals surface area contributed by atoms with E-state index in [1.807, 2.05) is 67.6 Å². The molecule has 1 atom stereocenters. The Morgan fingerprint density at radius 2 is 1.83 bits per heavy atom. The molecule has 0 unspecified atom stereocenters. The van der Waals surface area contributed by atoms with Gasteiger partial charge in [-0.3, -0.25) is 9.59 Å². The van der Waals surface area contributed by atoms with Crippen LogP contribution in [0.2, 0.25) is 0 Å². The number of aliphatic carboxylic acids is 1. The molecule has 0 spiro atoms. The topological polar surface area (TPSA) is 88.5 Å². The lowest BCUT2D eigenvalue weighted by Crippen LogP contribution is -2.30. The molecule has 35 heavy (non-hydrogen) atoms. The van der Waals surface area contributed by atoms with Crippen molar-refractivity contribution in [3.8, 4) is 17.0 Å². The van der Waals surface area contributed by atoms with Gasteiger partial charge in [0.15, 0.2) is 0 Å². The highest BCUT2D eigenvalue weighted by atomic mass is 79.9. The number of fused-ring (bicyclic) bond motifs is 1. The maximum absolute atomic E-state index is 13.6. The lowest BCUT2D eigenvalue weighted by molar-refractivity contribution is -0.137. The molecule has 2 N–H and O–H groups in total. The normalized spacial score (nSPS) is 11.7. The summed E-state index contributed by atoms with van der Waals surface area (Å²) in [6, 6.07) is 22.7. The van der Waals surface area contributed by atoms with E-state index >= 15 is 0 Å². The summed E-state index contributed by atoms with van der Waals surface area (Å²) < 4.78 is 6.13. The Balaban J connectivity index is 1.72. The highest BCUT2D eigenvalue weighted by Crippen LogP contribution is 2.31. The van der Waals surface area contributed by atoms with Crippen LogP contribution in [0.5, 0.6) is 5.75 Å². The van der Waals surface area contributed by atoms with Gasteiger partial charge in [0.25, 0.3) is 5.91 Å². The van der Waals surface area contributed by atoms with Crippen molar-refractivity contribution in [2.24, 2.45) is 0 Å². The highest BCUT2D eigenvalue weighted by molar-refractivity contribution is 9.10. The van der Waals surface area contributed by atoms with Crippen LogP contribution in [0, 0.1) is 6.92 Å². The predicted molar refractivity (Wildman–Crippen MR) is 140 cm³/mol. The number of carbonyl (C=O) groups is 2. The average Bonchev–Trinajstić information content (AvgIpc) is 2.86. The number of amides is 1. The second-order valence-electron chi connectivity index (χ2n) is 8.27. The largest absolute Gasteiger partial charge is 0.497 e. The Morgan fingerprint density at radius 3 is 2.54 bits per heavy atom. The van der Waals surface area contributed by atoms with Crippen LogP contribution in [0.4, 0.5) is 0 Å². The van der Waals surface area contributed by atoms with Crippen LogP contribution in [0.15, 0.2) is 77.3 Å². The van der Waals surface area contributed by atoms with Crippen LogP contribution in [-0.2, 0) is 4.79 Å². The first-order valence-corrected chi connectivity index (χ1v) is 12.0. The highest BCUT2D eigenvalue weighted by Gasteiger charge is 2.22. The van der Waals surface area contributed by atoms with E-state index < -0.39 is 11.9 Å². The molecule has 0 aliphatic rings. The SMILES string of the molecule is COc1cccc([C@H](CNC(=O)c2c(C)c(-c3ccccc3)nc3ccc(Br)cc23)CC(=O)O)c1. The first-order valence-electron chi connectivity index (χ1n) is 11.2. The summed E-state index contributed by atoms with van der Waals surface area (Å²) in [5, 5.41) is 13.2. The maximum Gasteiger partial charge on any atom is 0.304 e. The van der Waals surface area contributed by atoms with Gasteiger partial charge < -0.3 is 15.2 Å². The van der Waals surface area contributed by atoms with Gasteiger partial charge in [0.1, 0.15) is 5.75 Å². The second-order valence-corrected chi connectivity index (χ2v) is 9.19. The van der Waals surface area contributed by atoms with Gasteiger partial charge in [0.2, 0.25) is 0 Å². The second kappa shape index (κ2) is 10.7. The molecule has 0 bridgehead atoms. The molecule has 0 fully saturated rings. The van der Waals surface area contributed by atoms with E-state index in [-0.39, 0.29) is 18.9 Å². The van der Waals surface area contributed by atoms with Gasteiger partial charge in [-0.05, 0) is 48.4 Å². The van der Waals surface area contributed by atoms with Crippen molar-refractivity contribution >= 4 is 38.7 Å². The number of nitrogens with zero attached hydrogens (tertiary/aromatic N) is 1. The van der Waals surface area contributed by atoms with Crippen molar-refractivity contribution < 1.29 is 19.4 Å². The zero-order chi connectivity index (χ0) is 24.9. The lowest BCUT2D eigenvalue weighted by atomic mass is 9.94. The first kappa shape index (κ1) is 24.4. The van der Waals surface area contributed by atoms with Crippen LogP contribution >= 0.6 is 15.9 Å². The quantitative estimate of drug-likeness (QED) is 0.292. The number of rotatable bonds is 8. The number of aromatic nitrogens is 1. The van der Waals surface area contributed by atoms with Gasteiger partial charge in [0.05, 0.1) is 30.3 Å². The molecule has 1 amide bonds. The third kappa shape index (κ3) is 5.52. The molecule has 7 heteroatoms. The number of carboxylic acid groups (broad SMARTS) is 1. The van der Waals surface area contributed by atoms with Crippen molar-refractivity contribution in [3.05, 3.63) is 94.0 Å². The first-order chi connectivity index (χ1) is 16.9. The van der Waals surface area contributed by atoms with E-state index in [4.69, 9.17) is 9.72 Å². The Bertz CT molecular complexity index is 1390. The fourth-order valence-electron chi connectivity index (χ4n) is 4.22. The molecule has 4 rings (SSSR count). The van der Waals surface area contributed by atoms with Gasteiger partial charge >= 0.3 is 5.97 Å². The number of carboxylic acids is 1. The molecular formula is C28H25BrN2O4. The van der Waals surface area contributed by atoms with Gasteiger partial charge in [-0.1, -0.05) is 58.4 Å². The molecule has 178 valence electrons. The van der Waals surface area contributed by atoms with Crippen molar-refractivity contribution in [2.75, 3.05) is 13.7 Å². The summed E-state index contributed by atoms with van der Waals surface area (Å²) in [7, 11) is 1.56. The minimum atomic E-state index is -0.937. The Hall–Kier alpha value is -3.71. The van der Waals surface area contributed by atoms with Crippen LogP contribution in [0.25, 0.3) is 22.2 Å². The van der Waals surface area contributed by atoms with Crippen molar-refractivity contribution in [2.45, 2.75) is 19.3 Å². The number of ether oxygens (including phenoxy) is 1. The van der Waals surface area contributed by atoms with Crippen LogP contribution in [-0.4, -0.2) is 35.6 Å². The molecule has 0 aliphatic carbocycles. The number of pyridine rings is 1. The molecule has 1 aromatic heterocycles. The zero-order valence-corrected chi connectivity index (χ0v) is 21.0. The molecule has 4 aromatic rings. The summed E-state index contributed by atoms with van der Waals surface area (Å²) in [6.45, 7) is 2.05. The zero-order valence-electron chi connectivity index (χ0n) is 19.4. The number of carbonyl (C=O) groups excluding carboxylic acids is 1. The average molecular weight is 533 g/mol. The summed E-state index contributed by atoms with van der Waals surface area (Å²) >= 11 is 3.50. The lowest BCUT2D eigenvalue weighted by Gasteiger charge is -2.19. The maximum atomic E-state index is 13.6. The van der Waals surface area contributed by atoms with Gasteiger partial charge in [0, 0.05) is 27.9 Å². The van der Waals surface area contributed by atoms with Crippen LogP contribution in [0.3, 0.4) is 0 Å². The number of hydrogen-bond acceptors (Lipinski definition) is 4. The van der Waals surface area contributed by atoms with Gasteiger partial charge in [-0.15, -0.1) is 0 Å². The minimum absolute atomic E-state index is 0.121. The smallest absolute Gasteiger partial charge is 0.304 e. The number of halogens is 1. The number of nitrogens with one attached hydrogen (secondary N) is 1. The molecule has 0 radical (unpaired) electrons. The molecule has 0 saturated heterocycles. The predicted octanol–water partition coefficient (Wildman–Crippen LogP) is 5.97. The molecule has 0 saturated carbocycles. The van der Waals surface area contributed by atoms with Crippen molar-refractivity contribution in [3.63, 3.8) is 0 Å². The van der Waals surface area contributed by atoms with E-state index in [0.29, 0.717) is 16.8 Å². The molecule has 0 aliphatic heterocycles. The Labute approximate surface area is 212 Å². The van der Waals surface area contributed by atoms with E-state index in [2.05, 4.69) is 21.2 Å². The summed E-state index contributed by atoms with van der Waals surface area (Å²) in [5.41, 5.74) is 4.43. The molecule has 1 heterocycles. The number of hydrogen-bond donors (Lipinski definition) is 2. The summed E-state index contributed by atoms with van der Waals surface area (Å²) in [6.07, 6.45) is -0.121. The number of methoxy groups -OCH3 is 1. The third-order valence-corrected chi connectivity index (χ3v) is 6.45. The Kier molecular flexibility index (Phi) is 7.46.